The molecule has 0 bridgehead atoms. The Bertz CT molecular complexity index is 919. The molecule has 0 amide bonds. The molecule has 1 saturated heterocycles. The van der Waals surface area contributed by atoms with Crippen LogP contribution in [0, 0.1) is 12.7 Å². The highest BCUT2D eigenvalue weighted by atomic mass is 19.1. The number of aromatic nitrogens is 3. The van der Waals surface area contributed by atoms with Crippen molar-refractivity contribution in [1.82, 2.24) is 19.4 Å². The van der Waals surface area contributed by atoms with Gasteiger partial charge in [0.05, 0.1) is 5.39 Å². The Morgan fingerprint density at radius 1 is 1.20 bits per heavy atom. The van der Waals surface area contributed by atoms with Crippen molar-refractivity contribution in [2.75, 3.05) is 31.6 Å². The normalized spacial score (nSPS) is 18.9. The van der Waals surface area contributed by atoms with Gasteiger partial charge in [-0.05, 0) is 44.7 Å². The first kappa shape index (κ1) is 16.0. The zero-order valence-corrected chi connectivity index (χ0v) is 14.8. The van der Waals surface area contributed by atoms with Crippen LogP contribution in [-0.4, -0.2) is 52.2 Å². The maximum Gasteiger partial charge on any atom is 0.150 e. The summed E-state index contributed by atoms with van der Waals surface area (Å²) in [6.07, 6.45) is 3.62. The maximum absolute atomic E-state index is 13.7. The molecular formula is C19H22FN5. The van der Waals surface area contributed by atoms with Crippen LogP contribution in [0.4, 0.5) is 10.2 Å². The second-order valence-corrected chi connectivity index (χ2v) is 6.83. The van der Waals surface area contributed by atoms with Crippen LogP contribution >= 0.6 is 0 Å². The van der Waals surface area contributed by atoms with E-state index in [-0.39, 0.29) is 5.82 Å². The van der Waals surface area contributed by atoms with Crippen LogP contribution in [0.25, 0.3) is 16.7 Å². The number of rotatable bonds is 2. The third-order valence-electron chi connectivity index (χ3n) is 5.10. The molecule has 130 valence electrons. The second-order valence-electron chi connectivity index (χ2n) is 6.83. The van der Waals surface area contributed by atoms with E-state index in [1.165, 1.54) is 12.1 Å². The molecule has 3 heterocycles. The van der Waals surface area contributed by atoms with Gasteiger partial charge in [-0.1, -0.05) is 6.07 Å². The number of hydrogen-bond acceptors (Lipinski definition) is 4. The topological polar surface area (TPSA) is 37.2 Å². The number of aryl methyl sites for hydroxylation is 1. The predicted octanol–water partition coefficient (Wildman–Crippen LogP) is 3.01. The lowest BCUT2D eigenvalue weighted by atomic mass is 10.2. The third kappa shape index (κ3) is 2.76. The number of benzene rings is 1. The highest BCUT2D eigenvalue weighted by molar-refractivity contribution is 5.92. The van der Waals surface area contributed by atoms with Gasteiger partial charge in [-0.2, -0.15) is 0 Å². The van der Waals surface area contributed by atoms with E-state index in [1.54, 1.807) is 12.4 Å². The molecule has 25 heavy (non-hydrogen) atoms. The number of nitrogens with zero attached hydrogens (tertiary/aromatic N) is 5. The van der Waals surface area contributed by atoms with Crippen LogP contribution in [0.2, 0.25) is 0 Å². The Morgan fingerprint density at radius 3 is 2.80 bits per heavy atom. The molecule has 0 aliphatic carbocycles. The zero-order valence-electron chi connectivity index (χ0n) is 14.8. The van der Waals surface area contributed by atoms with Gasteiger partial charge >= 0.3 is 0 Å². The first-order chi connectivity index (χ1) is 12.0. The van der Waals surface area contributed by atoms with Gasteiger partial charge in [-0.3, -0.25) is 0 Å². The molecule has 3 aromatic rings. The second kappa shape index (κ2) is 6.11. The van der Waals surface area contributed by atoms with Crippen molar-refractivity contribution in [3.8, 4) is 5.69 Å². The summed E-state index contributed by atoms with van der Waals surface area (Å²) in [6.45, 7) is 7.18. The molecule has 0 radical (unpaired) electrons. The number of anilines is 1. The predicted molar refractivity (Wildman–Crippen MR) is 97.9 cm³/mol. The highest BCUT2D eigenvalue weighted by Gasteiger charge is 2.24. The molecule has 0 N–H and O–H groups in total. The van der Waals surface area contributed by atoms with Crippen molar-refractivity contribution >= 4 is 16.9 Å². The van der Waals surface area contributed by atoms with Crippen LogP contribution in [0.3, 0.4) is 0 Å². The Morgan fingerprint density at radius 2 is 2.04 bits per heavy atom. The van der Waals surface area contributed by atoms with Gasteiger partial charge in [0.15, 0.2) is 0 Å². The molecule has 6 heteroatoms. The lowest BCUT2D eigenvalue weighted by Crippen LogP contribution is -2.50. The van der Waals surface area contributed by atoms with Crippen molar-refractivity contribution in [3.63, 3.8) is 0 Å². The number of fused-ring (bicyclic) bond motifs is 1. The SMILES string of the molecule is Cc1cn(-c2cccc(F)c2)c2ncnc(N3CCN(C)C(C)C3)c12. The van der Waals surface area contributed by atoms with E-state index in [1.807, 2.05) is 16.8 Å². The largest absolute Gasteiger partial charge is 0.353 e. The quantitative estimate of drug-likeness (QED) is 0.719. The molecule has 0 saturated carbocycles. The fourth-order valence-electron chi connectivity index (χ4n) is 3.53. The van der Waals surface area contributed by atoms with Crippen molar-refractivity contribution in [2.24, 2.45) is 0 Å². The van der Waals surface area contributed by atoms with Crippen LogP contribution in [0.15, 0.2) is 36.8 Å². The van der Waals surface area contributed by atoms with E-state index < -0.39 is 0 Å². The van der Waals surface area contributed by atoms with Gasteiger partial charge in [0, 0.05) is 37.6 Å². The summed E-state index contributed by atoms with van der Waals surface area (Å²) >= 11 is 0. The minimum Gasteiger partial charge on any atom is -0.353 e. The Hall–Kier alpha value is -2.47. The van der Waals surface area contributed by atoms with Crippen LogP contribution in [0.5, 0.6) is 0 Å². The number of halogens is 1. The van der Waals surface area contributed by atoms with E-state index in [0.29, 0.717) is 6.04 Å². The first-order valence-corrected chi connectivity index (χ1v) is 8.58. The van der Waals surface area contributed by atoms with Crippen molar-refractivity contribution in [2.45, 2.75) is 19.9 Å². The Balaban J connectivity index is 1.83. The Kier molecular flexibility index (Phi) is 3.92. The van der Waals surface area contributed by atoms with Gasteiger partial charge in [-0.15, -0.1) is 0 Å². The average Bonchev–Trinajstić information content (AvgIpc) is 2.95. The van der Waals surface area contributed by atoms with E-state index in [9.17, 15) is 4.39 Å². The molecule has 1 aliphatic rings. The molecule has 5 nitrogen and oxygen atoms in total. The molecule has 1 unspecified atom stereocenters. The van der Waals surface area contributed by atoms with E-state index >= 15 is 0 Å². The number of piperazine rings is 1. The molecule has 1 fully saturated rings. The molecule has 2 aromatic heterocycles. The van der Waals surface area contributed by atoms with Gasteiger partial charge < -0.3 is 14.4 Å². The van der Waals surface area contributed by atoms with Crippen LogP contribution in [0.1, 0.15) is 12.5 Å². The molecule has 1 aliphatic heterocycles. The number of likely N-dealkylation sites (N-methyl/N-ethyl adjacent to an activating group) is 1. The first-order valence-electron chi connectivity index (χ1n) is 8.58. The van der Waals surface area contributed by atoms with Gasteiger partial charge in [0.25, 0.3) is 0 Å². The van der Waals surface area contributed by atoms with Crippen molar-refractivity contribution < 1.29 is 4.39 Å². The van der Waals surface area contributed by atoms with E-state index in [2.05, 4.69) is 40.7 Å². The fourth-order valence-corrected chi connectivity index (χ4v) is 3.53. The van der Waals surface area contributed by atoms with Gasteiger partial charge in [-0.25, -0.2) is 14.4 Å². The standard InChI is InChI=1S/C19H22FN5/c1-13-10-25(16-6-4-5-15(20)9-16)19-17(13)18(21-12-22-19)24-8-7-23(3)14(2)11-24/h4-6,9-10,12,14H,7-8,11H2,1-3H3. The molecule has 1 atom stereocenters. The fraction of sp³-hybridized carbons (Fsp3) is 0.368. The van der Waals surface area contributed by atoms with Crippen LogP contribution in [-0.2, 0) is 0 Å². The molecular weight excluding hydrogens is 317 g/mol. The minimum absolute atomic E-state index is 0.251. The summed E-state index contributed by atoms with van der Waals surface area (Å²) in [6, 6.07) is 7.06. The molecule has 1 aromatic carbocycles. The van der Waals surface area contributed by atoms with Gasteiger partial charge in [0.1, 0.15) is 23.6 Å². The highest BCUT2D eigenvalue weighted by Crippen LogP contribution is 2.31. The third-order valence-corrected chi connectivity index (χ3v) is 5.10. The van der Waals surface area contributed by atoms with E-state index in [4.69, 9.17) is 0 Å². The molecule has 0 spiro atoms. The minimum atomic E-state index is -0.251. The van der Waals surface area contributed by atoms with E-state index in [0.717, 1.165) is 47.7 Å². The summed E-state index contributed by atoms with van der Waals surface area (Å²) in [5.41, 5.74) is 2.69. The van der Waals surface area contributed by atoms with Crippen molar-refractivity contribution in [1.29, 1.82) is 0 Å². The lowest BCUT2D eigenvalue weighted by molar-refractivity contribution is 0.233. The zero-order chi connectivity index (χ0) is 17.6. The van der Waals surface area contributed by atoms with Crippen molar-refractivity contribution in [3.05, 3.63) is 48.2 Å². The summed E-state index contributed by atoms with van der Waals surface area (Å²) in [4.78, 5) is 13.8. The smallest absolute Gasteiger partial charge is 0.150 e. The maximum atomic E-state index is 13.7. The molecule has 4 rings (SSSR count). The number of hydrogen-bond donors (Lipinski definition) is 0. The monoisotopic (exact) mass is 339 g/mol. The van der Waals surface area contributed by atoms with Crippen LogP contribution < -0.4 is 4.90 Å². The average molecular weight is 339 g/mol. The summed E-state index contributed by atoms with van der Waals surface area (Å²) < 4.78 is 15.6. The summed E-state index contributed by atoms with van der Waals surface area (Å²) in [7, 11) is 2.16. The Labute approximate surface area is 146 Å². The summed E-state index contributed by atoms with van der Waals surface area (Å²) in [5, 5.41) is 1.04. The van der Waals surface area contributed by atoms with Gasteiger partial charge in [0.2, 0.25) is 0 Å². The lowest BCUT2D eigenvalue weighted by Gasteiger charge is -2.38. The summed E-state index contributed by atoms with van der Waals surface area (Å²) in [5.74, 6) is 0.719.